The number of carbonyl (C=O) groups excluding carboxylic acids is 1. The third-order valence-electron chi connectivity index (χ3n) is 2.86. The van der Waals surface area contributed by atoms with Gasteiger partial charge >= 0.3 is 5.97 Å². The van der Waals surface area contributed by atoms with E-state index in [-0.39, 0.29) is 0 Å². The number of hydrogen-bond acceptors (Lipinski definition) is 5. The van der Waals surface area contributed by atoms with Crippen molar-refractivity contribution in [3.8, 4) is 5.75 Å². The first-order chi connectivity index (χ1) is 9.53. The summed E-state index contributed by atoms with van der Waals surface area (Å²) in [6.45, 7) is 2.30. The number of aryl methyl sites for hydroxylation is 1. The maximum atomic E-state index is 11.7. The zero-order valence-electron chi connectivity index (χ0n) is 11.7. The Hall–Kier alpha value is -2.50. The fourth-order valence-corrected chi connectivity index (χ4v) is 2.02. The first-order valence-corrected chi connectivity index (χ1v) is 6.09. The zero-order chi connectivity index (χ0) is 14.7. The van der Waals surface area contributed by atoms with Gasteiger partial charge in [-0.3, -0.25) is 4.98 Å². The van der Waals surface area contributed by atoms with Gasteiger partial charge in [0.15, 0.2) is 0 Å². The van der Waals surface area contributed by atoms with Crippen LogP contribution in [0.15, 0.2) is 24.4 Å². The highest BCUT2D eigenvalue weighted by Crippen LogP contribution is 2.17. The molecule has 0 saturated heterocycles. The number of hydrogen-bond donors (Lipinski definition) is 1. The lowest BCUT2D eigenvalue weighted by atomic mass is 10.3. The van der Waals surface area contributed by atoms with Crippen LogP contribution in [0.2, 0.25) is 0 Å². The molecule has 2 aromatic rings. The Morgan fingerprint density at radius 2 is 2.10 bits per heavy atom. The van der Waals surface area contributed by atoms with E-state index < -0.39 is 5.97 Å². The second-order valence-electron chi connectivity index (χ2n) is 4.42. The third-order valence-corrected chi connectivity index (χ3v) is 2.86. The van der Waals surface area contributed by atoms with Crippen molar-refractivity contribution in [2.45, 2.75) is 13.5 Å². The smallest absolute Gasteiger partial charge is 0.354 e. The minimum atomic E-state index is -0.429. The van der Waals surface area contributed by atoms with E-state index in [0.717, 1.165) is 17.1 Å². The summed E-state index contributed by atoms with van der Waals surface area (Å²) in [6.07, 6.45) is 1.68. The highest BCUT2D eigenvalue weighted by molar-refractivity contribution is 5.89. The molecule has 2 rings (SSSR count). The quantitative estimate of drug-likeness (QED) is 0.858. The molecule has 0 unspecified atom stereocenters. The number of aromatic nitrogens is 2. The molecule has 6 heteroatoms. The van der Waals surface area contributed by atoms with Crippen LogP contribution >= 0.6 is 0 Å². The molecule has 0 radical (unpaired) electrons. The molecule has 2 heterocycles. The van der Waals surface area contributed by atoms with Crippen molar-refractivity contribution in [2.24, 2.45) is 0 Å². The summed E-state index contributed by atoms with van der Waals surface area (Å²) in [5, 5.41) is 0. The maximum Gasteiger partial charge on any atom is 0.354 e. The van der Waals surface area contributed by atoms with Gasteiger partial charge in [0.2, 0.25) is 0 Å². The van der Waals surface area contributed by atoms with E-state index in [9.17, 15) is 4.79 Å². The number of nitrogens with two attached hydrogens (primary N) is 1. The van der Waals surface area contributed by atoms with E-state index in [1.54, 1.807) is 23.9 Å². The molecule has 2 N–H and O–H groups in total. The standard InChI is InChI=1S/C14H17N3O3/c1-9-4-12(19-2)6-11(16-9)8-17-7-10(15)5-13(17)14(18)20-3/h4-7H,8,15H2,1-3H3. The summed E-state index contributed by atoms with van der Waals surface area (Å²) < 4.78 is 11.7. The predicted molar refractivity (Wildman–Crippen MR) is 74.8 cm³/mol. The largest absolute Gasteiger partial charge is 0.497 e. The Morgan fingerprint density at radius 3 is 2.75 bits per heavy atom. The van der Waals surface area contributed by atoms with Crippen molar-refractivity contribution < 1.29 is 14.3 Å². The first kappa shape index (κ1) is 13.9. The number of methoxy groups -OCH3 is 2. The molecule has 0 aliphatic carbocycles. The molecule has 0 amide bonds. The number of ether oxygens (including phenoxy) is 2. The van der Waals surface area contributed by atoms with Crippen LogP contribution in [0.25, 0.3) is 0 Å². The molecule has 0 aliphatic rings. The van der Waals surface area contributed by atoms with Crippen molar-refractivity contribution in [3.63, 3.8) is 0 Å². The molecule has 6 nitrogen and oxygen atoms in total. The molecule has 2 aromatic heterocycles. The van der Waals surface area contributed by atoms with Gasteiger partial charge in [-0.25, -0.2) is 4.79 Å². The molecule has 106 valence electrons. The molecule has 0 bridgehead atoms. The summed E-state index contributed by atoms with van der Waals surface area (Å²) in [5.74, 6) is 0.300. The Kier molecular flexibility index (Phi) is 3.93. The van der Waals surface area contributed by atoms with Crippen molar-refractivity contribution in [2.75, 3.05) is 20.0 Å². The van der Waals surface area contributed by atoms with E-state index in [1.165, 1.54) is 7.11 Å². The van der Waals surface area contributed by atoms with Gasteiger partial charge in [0.1, 0.15) is 11.4 Å². The molecular formula is C14H17N3O3. The number of nitrogens with zero attached hydrogens (tertiary/aromatic N) is 2. The van der Waals surface area contributed by atoms with E-state index in [2.05, 4.69) is 4.98 Å². The molecular weight excluding hydrogens is 258 g/mol. The molecule has 0 aliphatic heterocycles. The molecule has 0 saturated carbocycles. The summed E-state index contributed by atoms with van der Waals surface area (Å²) in [7, 11) is 2.94. The Labute approximate surface area is 117 Å². The number of rotatable bonds is 4. The van der Waals surface area contributed by atoms with Crippen molar-refractivity contribution >= 4 is 11.7 Å². The summed E-state index contributed by atoms with van der Waals surface area (Å²) in [6, 6.07) is 5.25. The van der Waals surface area contributed by atoms with Gasteiger partial charge in [0, 0.05) is 24.0 Å². The van der Waals surface area contributed by atoms with Crippen LogP contribution in [-0.2, 0) is 11.3 Å². The van der Waals surface area contributed by atoms with Gasteiger partial charge in [-0.1, -0.05) is 0 Å². The molecule has 0 spiro atoms. The van der Waals surface area contributed by atoms with Gasteiger partial charge in [0.25, 0.3) is 0 Å². The Balaban J connectivity index is 2.34. The SMILES string of the molecule is COC(=O)c1cc(N)cn1Cc1cc(OC)cc(C)n1. The minimum absolute atomic E-state index is 0.396. The average Bonchev–Trinajstić information content (AvgIpc) is 2.77. The highest BCUT2D eigenvalue weighted by Gasteiger charge is 2.14. The maximum absolute atomic E-state index is 11.7. The van der Waals surface area contributed by atoms with Crippen molar-refractivity contribution in [3.05, 3.63) is 41.5 Å². The van der Waals surface area contributed by atoms with E-state index in [1.807, 2.05) is 19.1 Å². The number of pyridine rings is 1. The fraction of sp³-hybridized carbons (Fsp3) is 0.286. The van der Waals surface area contributed by atoms with Gasteiger partial charge in [-0.15, -0.1) is 0 Å². The Bertz CT molecular complexity index is 635. The van der Waals surface area contributed by atoms with Crippen LogP contribution in [-0.4, -0.2) is 29.7 Å². The lowest BCUT2D eigenvalue weighted by Crippen LogP contribution is -2.11. The van der Waals surface area contributed by atoms with Gasteiger partial charge in [-0.2, -0.15) is 0 Å². The molecule has 0 aromatic carbocycles. The van der Waals surface area contributed by atoms with Crippen molar-refractivity contribution in [1.29, 1.82) is 0 Å². The highest BCUT2D eigenvalue weighted by atomic mass is 16.5. The van der Waals surface area contributed by atoms with E-state index in [4.69, 9.17) is 15.2 Å². The van der Waals surface area contributed by atoms with Crippen LogP contribution in [0.1, 0.15) is 21.9 Å². The summed E-state index contributed by atoms with van der Waals surface area (Å²) >= 11 is 0. The normalized spacial score (nSPS) is 10.3. The summed E-state index contributed by atoms with van der Waals surface area (Å²) in [5.41, 5.74) is 8.26. The predicted octanol–water partition coefficient (Wildman–Crippen LogP) is 1.62. The van der Waals surface area contributed by atoms with Crippen LogP contribution in [0.4, 0.5) is 5.69 Å². The lowest BCUT2D eigenvalue weighted by molar-refractivity contribution is 0.0589. The number of nitrogen functional groups attached to an aromatic ring is 1. The van der Waals surface area contributed by atoms with Gasteiger partial charge in [-0.05, 0) is 13.0 Å². The van der Waals surface area contributed by atoms with Crippen LogP contribution in [0.5, 0.6) is 5.75 Å². The fourth-order valence-electron chi connectivity index (χ4n) is 2.02. The van der Waals surface area contributed by atoms with Crippen LogP contribution in [0.3, 0.4) is 0 Å². The van der Waals surface area contributed by atoms with Gasteiger partial charge in [0.05, 0.1) is 32.1 Å². The number of anilines is 1. The molecule has 20 heavy (non-hydrogen) atoms. The molecule has 0 atom stereocenters. The van der Waals surface area contributed by atoms with Crippen molar-refractivity contribution in [1.82, 2.24) is 9.55 Å². The van der Waals surface area contributed by atoms with E-state index in [0.29, 0.717) is 17.9 Å². The van der Waals surface area contributed by atoms with Crippen LogP contribution in [0, 0.1) is 6.92 Å². The molecule has 0 fully saturated rings. The van der Waals surface area contributed by atoms with E-state index >= 15 is 0 Å². The monoisotopic (exact) mass is 275 g/mol. The Morgan fingerprint density at radius 1 is 1.35 bits per heavy atom. The van der Waals surface area contributed by atoms with Gasteiger partial charge < -0.3 is 19.8 Å². The minimum Gasteiger partial charge on any atom is -0.497 e. The lowest BCUT2D eigenvalue weighted by Gasteiger charge is -2.09. The second kappa shape index (κ2) is 5.64. The zero-order valence-corrected chi connectivity index (χ0v) is 11.7. The third kappa shape index (κ3) is 2.90. The van der Waals surface area contributed by atoms with Crippen LogP contribution < -0.4 is 10.5 Å². The number of carbonyl (C=O) groups is 1. The summed E-state index contributed by atoms with van der Waals surface area (Å²) in [4.78, 5) is 16.1. The average molecular weight is 275 g/mol. The first-order valence-electron chi connectivity index (χ1n) is 6.09. The topological polar surface area (TPSA) is 79.4 Å². The second-order valence-corrected chi connectivity index (χ2v) is 4.42. The number of esters is 1.